The molecule has 0 bridgehead atoms. The maximum atomic E-state index is 13.1. The van der Waals surface area contributed by atoms with Crippen molar-refractivity contribution < 1.29 is 26.0 Å². The molecule has 1 N–H and O–H groups in total. The van der Waals surface area contributed by atoms with Crippen LogP contribution in [-0.2, 0) is 16.2 Å². The molecule has 8 heteroatoms. The molecule has 0 heterocycles. The Bertz CT molecular complexity index is 495. The van der Waals surface area contributed by atoms with E-state index >= 15 is 0 Å². The zero-order chi connectivity index (χ0) is 12.6. The average Bonchev–Trinajstić information content (AvgIpc) is 2.16. The molecule has 0 aromatic heterocycles. The van der Waals surface area contributed by atoms with Crippen LogP contribution in [0.5, 0.6) is 0 Å². The Morgan fingerprint density at radius 1 is 1.25 bits per heavy atom. The summed E-state index contributed by atoms with van der Waals surface area (Å²) in [5.41, 5.74) is -1.24. The Morgan fingerprint density at radius 3 is 2.19 bits per heavy atom. The Hall–Kier alpha value is -1.15. The molecule has 1 rings (SSSR count). The summed E-state index contributed by atoms with van der Waals surface area (Å²) in [4.78, 5) is -0.817. The molecule has 1 aromatic rings. The largest absolute Gasteiger partial charge is 0.416 e. The van der Waals surface area contributed by atoms with Crippen LogP contribution in [0, 0.1) is 5.82 Å². The molecular formula is C8H7F4NO2S. The van der Waals surface area contributed by atoms with Gasteiger partial charge in [0.15, 0.2) is 0 Å². The van der Waals surface area contributed by atoms with Gasteiger partial charge in [0.1, 0.15) is 10.7 Å². The van der Waals surface area contributed by atoms with E-state index in [4.69, 9.17) is 0 Å². The van der Waals surface area contributed by atoms with Gasteiger partial charge in [0, 0.05) is 0 Å². The van der Waals surface area contributed by atoms with E-state index in [9.17, 15) is 26.0 Å². The van der Waals surface area contributed by atoms with Gasteiger partial charge < -0.3 is 0 Å². The van der Waals surface area contributed by atoms with Crippen molar-refractivity contribution >= 4 is 10.0 Å². The number of hydrogen-bond acceptors (Lipinski definition) is 2. The summed E-state index contributed by atoms with van der Waals surface area (Å²) < 4.78 is 73.7. The number of hydrogen-bond donors (Lipinski definition) is 1. The highest BCUT2D eigenvalue weighted by molar-refractivity contribution is 7.89. The molecule has 0 aliphatic heterocycles. The summed E-state index contributed by atoms with van der Waals surface area (Å²) in [5, 5.41) is 0. The predicted molar refractivity (Wildman–Crippen MR) is 47.6 cm³/mol. The zero-order valence-corrected chi connectivity index (χ0v) is 8.79. The van der Waals surface area contributed by atoms with Crippen molar-refractivity contribution in [2.24, 2.45) is 0 Å². The lowest BCUT2D eigenvalue weighted by atomic mass is 10.2. The predicted octanol–water partition coefficient (Wildman–Crippen LogP) is 1.75. The van der Waals surface area contributed by atoms with Gasteiger partial charge in [0.05, 0.1) is 5.56 Å². The maximum Gasteiger partial charge on any atom is 0.416 e. The smallest absolute Gasteiger partial charge is 0.214 e. The van der Waals surface area contributed by atoms with Gasteiger partial charge in [-0.25, -0.2) is 17.5 Å². The van der Waals surface area contributed by atoms with E-state index in [0.717, 1.165) is 7.05 Å². The lowest BCUT2D eigenvalue weighted by Gasteiger charge is -2.08. The summed E-state index contributed by atoms with van der Waals surface area (Å²) in [7, 11) is -3.05. The Kier molecular flexibility index (Phi) is 3.25. The topological polar surface area (TPSA) is 46.2 Å². The number of rotatable bonds is 2. The van der Waals surface area contributed by atoms with Crippen molar-refractivity contribution in [3.8, 4) is 0 Å². The summed E-state index contributed by atoms with van der Waals surface area (Å²) >= 11 is 0. The van der Waals surface area contributed by atoms with E-state index < -0.39 is 32.5 Å². The van der Waals surface area contributed by atoms with E-state index in [1.807, 2.05) is 4.72 Å². The standard InChI is InChI=1S/C8H7F4NO2S/c1-13-16(14,15)7-3-2-5(4-6(7)9)8(10,11)12/h2-4,13H,1H3. The molecule has 16 heavy (non-hydrogen) atoms. The lowest BCUT2D eigenvalue weighted by molar-refractivity contribution is -0.137. The first kappa shape index (κ1) is 12.9. The van der Waals surface area contributed by atoms with Gasteiger partial charge in [0.25, 0.3) is 0 Å². The van der Waals surface area contributed by atoms with Gasteiger partial charge in [-0.3, -0.25) is 0 Å². The van der Waals surface area contributed by atoms with Gasteiger partial charge in [0.2, 0.25) is 10.0 Å². The van der Waals surface area contributed by atoms with Crippen LogP contribution in [0.15, 0.2) is 23.1 Å². The van der Waals surface area contributed by atoms with E-state index in [1.54, 1.807) is 0 Å². The molecule has 0 amide bonds. The third-order valence-electron chi connectivity index (χ3n) is 1.82. The monoisotopic (exact) mass is 257 g/mol. The highest BCUT2D eigenvalue weighted by Gasteiger charge is 2.32. The van der Waals surface area contributed by atoms with Crippen LogP contribution in [0.4, 0.5) is 17.6 Å². The molecule has 0 spiro atoms. The second-order valence-electron chi connectivity index (χ2n) is 2.85. The SMILES string of the molecule is CNS(=O)(=O)c1ccc(C(F)(F)F)cc1F. The molecule has 90 valence electrons. The van der Waals surface area contributed by atoms with Crippen LogP contribution in [0.3, 0.4) is 0 Å². The normalized spacial score (nSPS) is 12.8. The fourth-order valence-electron chi connectivity index (χ4n) is 1.01. The van der Waals surface area contributed by atoms with Crippen molar-refractivity contribution in [1.29, 1.82) is 0 Å². The Morgan fingerprint density at radius 2 is 1.81 bits per heavy atom. The second kappa shape index (κ2) is 4.02. The Balaban J connectivity index is 3.32. The fourth-order valence-corrected chi connectivity index (χ4v) is 1.79. The first-order valence-corrected chi connectivity index (χ1v) is 5.47. The summed E-state index contributed by atoms with van der Waals surface area (Å²) in [6, 6.07) is 1.22. The fraction of sp³-hybridized carbons (Fsp3) is 0.250. The summed E-state index contributed by atoms with van der Waals surface area (Å²) in [6.45, 7) is 0. The molecule has 1 aromatic carbocycles. The molecule has 0 saturated heterocycles. The molecule has 0 aliphatic rings. The van der Waals surface area contributed by atoms with Gasteiger partial charge in [-0.2, -0.15) is 13.2 Å². The van der Waals surface area contributed by atoms with Gasteiger partial charge in [-0.1, -0.05) is 0 Å². The maximum absolute atomic E-state index is 13.1. The number of nitrogens with one attached hydrogen (secondary N) is 1. The first-order valence-electron chi connectivity index (χ1n) is 3.99. The average molecular weight is 257 g/mol. The Labute approximate surface area is 89.1 Å². The van der Waals surface area contributed by atoms with Gasteiger partial charge in [-0.05, 0) is 25.2 Å². The molecule has 0 aliphatic carbocycles. The molecule has 0 radical (unpaired) electrons. The van der Waals surface area contributed by atoms with Crippen LogP contribution < -0.4 is 4.72 Å². The molecule has 0 saturated carbocycles. The van der Waals surface area contributed by atoms with Crippen LogP contribution in [-0.4, -0.2) is 15.5 Å². The molecule has 3 nitrogen and oxygen atoms in total. The van der Waals surface area contributed by atoms with E-state index in [-0.39, 0.29) is 6.07 Å². The molecule has 0 fully saturated rings. The number of sulfonamides is 1. The minimum atomic E-state index is -4.71. The first-order chi connectivity index (χ1) is 7.18. The minimum absolute atomic E-state index is 0.143. The summed E-state index contributed by atoms with van der Waals surface area (Å²) in [5.74, 6) is -1.44. The molecule has 0 atom stereocenters. The van der Waals surface area contributed by atoms with Crippen molar-refractivity contribution in [2.45, 2.75) is 11.1 Å². The van der Waals surface area contributed by atoms with Crippen LogP contribution >= 0.6 is 0 Å². The van der Waals surface area contributed by atoms with E-state index in [2.05, 4.69) is 0 Å². The second-order valence-corrected chi connectivity index (χ2v) is 4.71. The van der Waals surface area contributed by atoms with Gasteiger partial charge >= 0.3 is 6.18 Å². The van der Waals surface area contributed by atoms with E-state index in [1.165, 1.54) is 0 Å². The molecule has 0 unspecified atom stereocenters. The third kappa shape index (κ3) is 2.50. The lowest BCUT2D eigenvalue weighted by Crippen LogP contribution is -2.20. The van der Waals surface area contributed by atoms with Crippen molar-refractivity contribution in [3.05, 3.63) is 29.6 Å². The highest BCUT2D eigenvalue weighted by atomic mass is 32.2. The van der Waals surface area contributed by atoms with Crippen LogP contribution in [0.2, 0.25) is 0 Å². The number of benzene rings is 1. The van der Waals surface area contributed by atoms with Crippen LogP contribution in [0.25, 0.3) is 0 Å². The third-order valence-corrected chi connectivity index (χ3v) is 3.27. The van der Waals surface area contributed by atoms with Crippen molar-refractivity contribution in [3.63, 3.8) is 0 Å². The quantitative estimate of drug-likeness (QED) is 0.820. The number of halogens is 4. The van der Waals surface area contributed by atoms with E-state index in [0.29, 0.717) is 12.1 Å². The van der Waals surface area contributed by atoms with Gasteiger partial charge in [-0.15, -0.1) is 0 Å². The molecular weight excluding hydrogens is 250 g/mol. The summed E-state index contributed by atoms with van der Waals surface area (Å²) in [6.07, 6.45) is -4.71. The number of alkyl halides is 3. The van der Waals surface area contributed by atoms with Crippen molar-refractivity contribution in [1.82, 2.24) is 4.72 Å². The highest BCUT2D eigenvalue weighted by Crippen LogP contribution is 2.30. The zero-order valence-electron chi connectivity index (χ0n) is 7.97. The van der Waals surface area contributed by atoms with Crippen molar-refractivity contribution in [2.75, 3.05) is 7.05 Å². The van der Waals surface area contributed by atoms with Crippen LogP contribution in [0.1, 0.15) is 5.56 Å². The minimum Gasteiger partial charge on any atom is -0.214 e.